The lowest BCUT2D eigenvalue weighted by Gasteiger charge is -2.09. The Kier molecular flexibility index (Phi) is 6.12. The van der Waals surface area contributed by atoms with E-state index in [0.717, 1.165) is 17.2 Å². The van der Waals surface area contributed by atoms with Gasteiger partial charge in [0.05, 0.1) is 11.3 Å². The average molecular weight is 403 g/mol. The second-order valence-electron chi connectivity index (χ2n) is 6.69. The zero-order chi connectivity index (χ0) is 21.7. The van der Waals surface area contributed by atoms with Gasteiger partial charge in [-0.2, -0.15) is 5.10 Å². The van der Waals surface area contributed by atoms with Crippen molar-refractivity contribution in [3.05, 3.63) is 89.0 Å². The van der Waals surface area contributed by atoms with E-state index in [9.17, 15) is 19.8 Å². The number of benzene rings is 3. The van der Waals surface area contributed by atoms with Gasteiger partial charge in [-0.15, -0.1) is 0 Å². The Morgan fingerprint density at radius 2 is 1.57 bits per heavy atom. The Hall–Kier alpha value is -4.13. The lowest BCUT2D eigenvalue weighted by Crippen LogP contribution is -2.19. The smallest absolute Gasteiger partial charge is 0.275 e. The number of hydrogen-bond donors (Lipinski definition) is 4. The molecular formula is C23H21N3O4. The molecule has 2 amide bonds. The molecule has 0 unspecified atom stereocenters. The summed E-state index contributed by atoms with van der Waals surface area (Å²) in [5, 5.41) is 26.1. The van der Waals surface area contributed by atoms with E-state index >= 15 is 0 Å². The number of amides is 2. The van der Waals surface area contributed by atoms with E-state index < -0.39 is 5.91 Å². The standard InChI is InChI=1S/C23H21N3O4/c1-14-5-3-4-6-19(14)22(29)24-17-9-7-16(8-10-17)15(2)25-26-23(30)20-13-18(27)11-12-21(20)28/h3-13,27-28H,1-2H3,(H,24,29)(H,26,30)/b25-15-. The number of nitrogens with one attached hydrogen (secondary N) is 2. The van der Waals surface area contributed by atoms with Gasteiger partial charge in [-0.05, 0) is 61.4 Å². The van der Waals surface area contributed by atoms with Gasteiger partial charge in [0.15, 0.2) is 0 Å². The first-order chi connectivity index (χ1) is 14.3. The molecule has 0 saturated heterocycles. The van der Waals surface area contributed by atoms with Gasteiger partial charge in [-0.3, -0.25) is 9.59 Å². The summed E-state index contributed by atoms with van der Waals surface area (Å²) in [4.78, 5) is 24.6. The molecule has 0 bridgehead atoms. The first-order valence-electron chi connectivity index (χ1n) is 9.19. The third-order valence-electron chi connectivity index (χ3n) is 4.50. The Morgan fingerprint density at radius 3 is 2.27 bits per heavy atom. The van der Waals surface area contributed by atoms with Gasteiger partial charge in [0.2, 0.25) is 0 Å². The first-order valence-corrected chi connectivity index (χ1v) is 9.19. The van der Waals surface area contributed by atoms with Crippen LogP contribution in [0.2, 0.25) is 0 Å². The van der Waals surface area contributed by atoms with Gasteiger partial charge in [-0.25, -0.2) is 5.43 Å². The highest BCUT2D eigenvalue weighted by Gasteiger charge is 2.12. The molecule has 0 aliphatic carbocycles. The third-order valence-corrected chi connectivity index (χ3v) is 4.50. The Bertz CT molecular complexity index is 1120. The molecule has 0 heterocycles. The number of rotatable bonds is 5. The van der Waals surface area contributed by atoms with Crippen molar-refractivity contribution in [2.24, 2.45) is 5.10 Å². The van der Waals surface area contributed by atoms with Crippen LogP contribution in [0.3, 0.4) is 0 Å². The van der Waals surface area contributed by atoms with E-state index in [1.807, 2.05) is 25.1 Å². The maximum atomic E-state index is 12.4. The van der Waals surface area contributed by atoms with E-state index in [1.165, 1.54) is 12.1 Å². The molecule has 0 aliphatic rings. The van der Waals surface area contributed by atoms with Gasteiger partial charge in [-0.1, -0.05) is 30.3 Å². The molecule has 3 aromatic carbocycles. The number of aryl methyl sites for hydroxylation is 1. The van der Waals surface area contributed by atoms with Gasteiger partial charge < -0.3 is 15.5 Å². The van der Waals surface area contributed by atoms with Crippen LogP contribution in [0.1, 0.15) is 38.8 Å². The van der Waals surface area contributed by atoms with Crippen LogP contribution in [0.25, 0.3) is 0 Å². The highest BCUT2D eigenvalue weighted by Crippen LogP contribution is 2.21. The van der Waals surface area contributed by atoms with E-state index in [1.54, 1.807) is 37.3 Å². The number of carbonyl (C=O) groups is 2. The fourth-order valence-corrected chi connectivity index (χ4v) is 2.79. The van der Waals surface area contributed by atoms with Crippen molar-refractivity contribution in [1.82, 2.24) is 5.43 Å². The third kappa shape index (κ3) is 4.82. The SMILES string of the molecule is C/C(=N/NC(=O)c1cc(O)ccc1O)c1ccc(NC(=O)c2ccccc2C)cc1. The van der Waals surface area contributed by atoms with Crippen molar-refractivity contribution in [1.29, 1.82) is 0 Å². The number of phenolic OH excluding ortho intramolecular Hbond substituents is 2. The summed E-state index contributed by atoms with van der Waals surface area (Å²) in [6.07, 6.45) is 0. The van der Waals surface area contributed by atoms with Crippen molar-refractivity contribution in [2.45, 2.75) is 13.8 Å². The van der Waals surface area contributed by atoms with Crippen LogP contribution < -0.4 is 10.7 Å². The van der Waals surface area contributed by atoms with Crippen LogP contribution >= 0.6 is 0 Å². The molecule has 0 saturated carbocycles. The number of aromatic hydroxyl groups is 2. The predicted molar refractivity (Wildman–Crippen MR) is 115 cm³/mol. The van der Waals surface area contributed by atoms with Gasteiger partial charge in [0, 0.05) is 11.3 Å². The van der Waals surface area contributed by atoms with Crippen LogP contribution in [0.5, 0.6) is 11.5 Å². The fraction of sp³-hybridized carbons (Fsp3) is 0.0870. The summed E-state index contributed by atoms with van der Waals surface area (Å²) >= 11 is 0. The second-order valence-corrected chi connectivity index (χ2v) is 6.69. The Morgan fingerprint density at radius 1 is 0.867 bits per heavy atom. The van der Waals surface area contributed by atoms with E-state index in [0.29, 0.717) is 17.0 Å². The quantitative estimate of drug-likeness (QED) is 0.295. The molecule has 3 aromatic rings. The van der Waals surface area contributed by atoms with Gasteiger partial charge >= 0.3 is 0 Å². The molecule has 0 radical (unpaired) electrons. The molecule has 0 aromatic heterocycles. The zero-order valence-corrected chi connectivity index (χ0v) is 16.5. The number of carbonyl (C=O) groups excluding carboxylic acids is 2. The number of hydrogen-bond acceptors (Lipinski definition) is 5. The highest BCUT2D eigenvalue weighted by atomic mass is 16.3. The van der Waals surface area contributed by atoms with Gasteiger partial charge in [0.1, 0.15) is 11.5 Å². The summed E-state index contributed by atoms with van der Waals surface area (Å²) in [6, 6.07) is 18.0. The molecule has 7 heteroatoms. The fourth-order valence-electron chi connectivity index (χ4n) is 2.79. The average Bonchev–Trinajstić information content (AvgIpc) is 2.74. The number of phenols is 2. The number of anilines is 1. The molecular weight excluding hydrogens is 382 g/mol. The molecule has 30 heavy (non-hydrogen) atoms. The maximum Gasteiger partial charge on any atom is 0.275 e. The summed E-state index contributed by atoms with van der Waals surface area (Å²) in [5.41, 5.74) is 5.67. The lowest BCUT2D eigenvalue weighted by atomic mass is 10.1. The zero-order valence-electron chi connectivity index (χ0n) is 16.5. The summed E-state index contributed by atoms with van der Waals surface area (Å²) in [5.74, 6) is -1.23. The minimum absolute atomic E-state index is 0.0826. The topological polar surface area (TPSA) is 111 Å². The number of nitrogens with zero attached hydrogens (tertiary/aromatic N) is 1. The van der Waals surface area contributed by atoms with Gasteiger partial charge in [0.25, 0.3) is 11.8 Å². The minimum atomic E-state index is -0.648. The largest absolute Gasteiger partial charge is 0.508 e. The molecule has 152 valence electrons. The number of hydrazone groups is 1. The highest BCUT2D eigenvalue weighted by molar-refractivity contribution is 6.06. The lowest BCUT2D eigenvalue weighted by molar-refractivity contribution is 0.0951. The van der Waals surface area contributed by atoms with Crippen molar-refractivity contribution in [3.63, 3.8) is 0 Å². The summed E-state index contributed by atoms with van der Waals surface area (Å²) in [7, 11) is 0. The molecule has 0 aliphatic heterocycles. The predicted octanol–water partition coefficient (Wildman–Crippen LogP) is 3.81. The van der Waals surface area contributed by atoms with Crippen LogP contribution in [0, 0.1) is 6.92 Å². The van der Waals surface area contributed by atoms with Crippen molar-refractivity contribution in [3.8, 4) is 11.5 Å². The molecule has 0 spiro atoms. The molecule has 7 nitrogen and oxygen atoms in total. The Labute approximate surface area is 173 Å². The van der Waals surface area contributed by atoms with E-state index in [2.05, 4.69) is 15.8 Å². The van der Waals surface area contributed by atoms with Crippen LogP contribution in [0.4, 0.5) is 5.69 Å². The summed E-state index contributed by atoms with van der Waals surface area (Å²) < 4.78 is 0. The van der Waals surface area contributed by atoms with Crippen LogP contribution in [-0.4, -0.2) is 27.7 Å². The Balaban J connectivity index is 1.66. The molecule has 4 N–H and O–H groups in total. The van der Waals surface area contributed by atoms with Crippen molar-refractivity contribution >= 4 is 23.2 Å². The van der Waals surface area contributed by atoms with Crippen molar-refractivity contribution in [2.75, 3.05) is 5.32 Å². The molecule has 0 atom stereocenters. The monoisotopic (exact) mass is 403 g/mol. The first kappa shape index (κ1) is 20.6. The van der Waals surface area contributed by atoms with Crippen LogP contribution in [-0.2, 0) is 0 Å². The second kappa shape index (κ2) is 8.91. The van der Waals surface area contributed by atoms with Crippen molar-refractivity contribution < 1.29 is 19.8 Å². The summed E-state index contributed by atoms with van der Waals surface area (Å²) in [6.45, 7) is 3.59. The van der Waals surface area contributed by atoms with E-state index in [4.69, 9.17) is 0 Å². The molecule has 0 fully saturated rings. The maximum absolute atomic E-state index is 12.4. The molecule has 3 rings (SSSR count). The minimum Gasteiger partial charge on any atom is -0.508 e. The van der Waals surface area contributed by atoms with Crippen LogP contribution in [0.15, 0.2) is 71.8 Å². The normalized spacial score (nSPS) is 11.1. The van der Waals surface area contributed by atoms with E-state index in [-0.39, 0.29) is 23.0 Å².